The molecule has 4 rings (SSSR count). The fourth-order valence-corrected chi connectivity index (χ4v) is 4.89. The molecule has 7 heteroatoms. The molecule has 5 nitrogen and oxygen atoms in total. The Labute approximate surface area is 199 Å². The van der Waals surface area contributed by atoms with Crippen LogP contribution in [-0.4, -0.2) is 33.5 Å². The molecule has 0 saturated heterocycles. The summed E-state index contributed by atoms with van der Waals surface area (Å²) in [6.45, 7) is 6.36. The lowest BCUT2D eigenvalue weighted by Gasteiger charge is -2.42. The molecule has 172 valence electrons. The maximum Gasteiger partial charge on any atom is 0.141 e. The number of nitrogen functional groups attached to an aromatic ring is 1. The molecule has 0 spiro atoms. The van der Waals surface area contributed by atoms with Crippen LogP contribution in [0, 0.1) is 17.7 Å². The van der Waals surface area contributed by atoms with Crippen LogP contribution in [0.1, 0.15) is 51.5 Å². The van der Waals surface area contributed by atoms with Crippen LogP contribution >= 0.6 is 11.6 Å². The number of nitrogens with two attached hydrogens (primary N) is 1. The summed E-state index contributed by atoms with van der Waals surface area (Å²) < 4.78 is 13.5. The van der Waals surface area contributed by atoms with E-state index in [-0.39, 0.29) is 10.6 Å². The molecule has 2 aromatic carbocycles. The highest BCUT2D eigenvalue weighted by molar-refractivity contribution is 6.31. The summed E-state index contributed by atoms with van der Waals surface area (Å²) in [6, 6.07) is 8.20. The summed E-state index contributed by atoms with van der Waals surface area (Å²) in [5.74, 6) is 7.10. The van der Waals surface area contributed by atoms with Crippen LogP contribution in [0.15, 0.2) is 36.7 Å². The number of anilines is 3. The van der Waals surface area contributed by atoms with Gasteiger partial charge in [-0.25, -0.2) is 14.4 Å². The molecule has 0 radical (unpaired) electrons. The van der Waals surface area contributed by atoms with Gasteiger partial charge < -0.3 is 11.1 Å². The van der Waals surface area contributed by atoms with Gasteiger partial charge in [-0.1, -0.05) is 56.6 Å². The molecule has 0 unspecified atom stereocenters. The van der Waals surface area contributed by atoms with Gasteiger partial charge in [-0.3, -0.25) is 4.90 Å². The molecule has 0 aliphatic heterocycles. The van der Waals surface area contributed by atoms with Gasteiger partial charge in [0.05, 0.1) is 16.1 Å². The molecule has 1 aromatic heterocycles. The van der Waals surface area contributed by atoms with Crippen LogP contribution in [0.3, 0.4) is 0 Å². The number of halogens is 2. The van der Waals surface area contributed by atoms with E-state index in [1.807, 2.05) is 12.1 Å². The molecule has 3 N–H and O–H groups in total. The van der Waals surface area contributed by atoms with E-state index >= 15 is 0 Å². The minimum Gasteiger partial charge on any atom is -0.398 e. The van der Waals surface area contributed by atoms with Gasteiger partial charge >= 0.3 is 0 Å². The third kappa shape index (κ3) is 4.90. The fourth-order valence-electron chi connectivity index (χ4n) is 4.71. The number of fused-ring (bicyclic) bond motifs is 1. The van der Waals surface area contributed by atoms with Gasteiger partial charge in [0.25, 0.3) is 0 Å². The van der Waals surface area contributed by atoms with Crippen molar-refractivity contribution in [2.45, 2.75) is 51.5 Å². The number of nitrogens with zero attached hydrogens (tertiary/aromatic N) is 3. The number of hydrogen-bond acceptors (Lipinski definition) is 5. The molecule has 3 aromatic rings. The largest absolute Gasteiger partial charge is 0.398 e. The summed E-state index contributed by atoms with van der Waals surface area (Å²) in [6.07, 6.45) is 7.34. The Hall–Kier alpha value is -2.88. The second-order valence-electron chi connectivity index (χ2n) is 8.45. The Morgan fingerprint density at radius 2 is 1.88 bits per heavy atom. The van der Waals surface area contributed by atoms with E-state index in [4.69, 9.17) is 17.3 Å². The number of hydrogen-bond donors (Lipinski definition) is 2. The maximum absolute atomic E-state index is 13.5. The molecule has 1 saturated carbocycles. The molecular weight excluding hydrogens is 437 g/mol. The van der Waals surface area contributed by atoms with Crippen molar-refractivity contribution in [3.63, 3.8) is 0 Å². The Balaban J connectivity index is 1.70. The Kier molecular flexibility index (Phi) is 7.02. The Bertz CT molecular complexity index is 1210. The number of rotatable bonds is 5. The third-order valence-electron chi connectivity index (χ3n) is 6.47. The van der Waals surface area contributed by atoms with Crippen LogP contribution < -0.4 is 11.1 Å². The molecule has 1 fully saturated rings. The zero-order valence-electron chi connectivity index (χ0n) is 19.1. The third-order valence-corrected chi connectivity index (χ3v) is 6.76. The first kappa shape index (κ1) is 23.3. The summed E-state index contributed by atoms with van der Waals surface area (Å²) >= 11 is 5.91. The standard InChI is InChI=1S/C26H29ClFN5/c1-3-33(4-2)26(11-6-5-7-12-26)13-10-18-14-24-20(16-23(18)29)25(31-17-30-24)32-19-8-9-22(28)21(27)15-19/h8-9,14-17H,3-7,11-12,29H2,1-2H3,(H,30,31,32). The number of aromatic nitrogens is 2. The minimum absolute atomic E-state index is 0.0419. The molecule has 1 aliphatic rings. The fraction of sp³-hybridized carbons (Fsp3) is 0.385. The summed E-state index contributed by atoms with van der Waals surface area (Å²) in [4.78, 5) is 11.2. The highest BCUT2D eigenvalue weighted by Crippen LogP contribution is 2.34. The predicted octanol–water partition coefficient (Wildman–Crippen LogP) is 6.14. The second-order valence-corrected chi connectivity index (χ2v) is 8.85. The topological polar surface area (TPSA) is 67.1 Å². The SMILES string of the molecule is CCN(CC)C1(C#Cc2cc3ncnc(Nc4ccc(F)c(Cl)c4)c3cc2N)CCCCC1. The van der Waals surface area contributed by atoms with Crippen molar-refractivity contribution < 1.29 is 4.39 Å². The molecule has 1 aliphatic carbocycles. The normalized spacial score (nSPS) is 15.3. The Morgan fingerprint density at radius 3 is 2.58 bits per heavy atom. The van der Waals surface area contributed by atoms with Gasteiger partial charge in [-0.15, -0.1) is 0 Å². The number of nitrogens with one attached hydrogen (secondary N) is 1. The van der Waals surface area contributed by atoms with E-state index in [0.29, 0.717) is 17.2 Å². The zero-order valence-corrected chi connectivity index (χ0v) is 19.8. The van der Waals surface area contributed by atoms with Crippen LogP contribution in [0.2, 0.25) is 5.02 Å². The van der Waals surface area contributed by atoms with E-state index in [0.717, 1.165) is 42.4 Å². The van der Waals surface area contributed by atoms with Gasteiger partial charge in [-0.2, -0.15) is 0 Å². The predicted molar refractivity (Wildman–Crippen MR) is 134 cm³/mol. The van der Waals surface area contributed by atoms with Gasteiger partial charge in [0, 0.05) is 22.3 Å². The van der Waals surface area contributed by atoms with Crippen molar-refractivity contribution >= 4 is 39.7 Å². The van der Waals surface area contributed by atoms with Crippen LogP contribution in [-0.2, 0) is 0 Å². The first-order chi connectivity index (χ1) is 16.0. The van der Waals surface area contributed by atoms with Gasteiger partial charge in [0.15, 0.2) is 0 Å². The second kappa shape index (κ2) is 9.94. The summed E-state index contributed by atoms with van der Waals surface area (Å²) in [5, 5.41) is 3.98. The Morgan fingerprint density at radius 1 is 1.12 bits per heavy atom. The van der Waals surface area contributed by atoms with Gasteiger partial charge in [0.1, 0.15) is 18.0 Å². The van der Waals surface area contributed by atoms with E-state index < -0.39 is 5.82 Å². The molecule has 0 bridgehead atoms. The average Bonchev–Trinajstić information content (AvgIpc) is 2.82. The van der Waals surface area contributed by atoms with E-state index in [2.05, 4.69) is 45.9 Å². The number of benzene rings is 2. The molecule has 33 heavy (non-hydrogen) atoms. The molecule has 1 heterocycles. The monoisotopic (exact) mass is 465 g/mol. The zero-order chi connectivity index (χ0) is 23.4. The van der Waals surface area contributed by atoms with Crippen molar-refractivity contribution in [1.29, 1.82) is 0 Å². The van der Waals surface area contributed by atoms with Crippen LogP contribution in [0.5, 0.6) is 0 Å². The molecule has 0 amide bonds. The molecule has 0 atom stereocenters. The lowest BCUT2D eigenvalue weighted by molar-refractivity contribution is 0.112. The highest BCUT2D eigenvalue weighted by atomic mass is 35.5. The highest BCUT2D eigenvalue weighted by Gasteiger charge is 2.34. The van der Waals surface area contributed by atoms with Crippen molar-refractivity contribution in [2.24, 2.45) is 0 Å². The van der Waals surface area contributed by atoms with Crippen molar-refractivity contribution in [3.05, 3.63) is 53.1 Å². The first-order valence-electron chi connectivity index (χ1n) is 11.5. The quantitative estimate of drug-likeness (QED) is 0.349. The summed E-state index contributed by atoms with van der Waals surface area (Å²) in [5.41, 5.74) is 9.04. The van der Waals surface area contributed by atoms with Gasteiger partial charge in [0.2, 0.25) is 0 Å². The average molecular weight is 466 g/mol. The van der Waals surface area contributed by atoms with Crippen LogP contribution in [0.4, 0.5) is 21.6 Å². The van der Waals surface area contributed by atoms with Crippen molar-refractivity contribution in [2.75, 3.05) is 24.1 Å². The van der Waals surface area contributed by atoms with Gasteiger partial charge in [-0.05, 0) is 56.3 Å². The minimum atomic E-state index is -0.470. The smallest absolute Gasteiger partial charge is 0.141 e. The van der Waals surface area contributed by atoms with Crippen LogP contribution in [0.25, 0.3) is 10.9 Å². The molecular formula is C26H29ClFN5. The van der Waals surface area contributed by atoms with Crippen molar-refractivity contribution in [3.8, 4) is 11.8 Å². The van der Waals surface area contributed by atoms with E-state index in [1.54, 1.807) is 6.07 Å². The van der Waals surface area contributed by atoms with Crippen molar-refractivity contribution in [1.82, 2.24) is 14.9 Å². The lowest BCUT2D eigenvalue weighted by Crippen LogP contribution is -2.48. The summed E-state index contributed by atoms with van der Waals surface area (Å²) in [7, 11) is 0. The van der Waals surface area contributed by atoms with E-state index in [1.165, 1.54) is 37.7 Å². The van der Waals surface area contributed by atoms with E-state index in [9.17, 15) is 4.39 Å². The first-order valence-corrected chi connectivity index (χ1v) is 11.9. The lowest BCUT2D eigenvalue weighted by atomic mass is 9.80. The maximum atomic E-state index is 13.5.